The molecule has 1 rings (SSSR count). The van der Waals surface area contributed by atoms with Crippen molar-refractivity contribution in [3.63, 3.8) is 0 Å². The topological polar surface area (TPSA) is 20.3 Å². The van der Waals surface area contributed by atoms with Gasteiger partial charge in [-0.25, -0.2) is 0 Å². The number of amides is 1. The van der Waals surface area contributed by atoms with Crippen LogP contribution in [0.2, 0.25) is 0 Å². The molecule has 0 saturated carbocycles. The fourth-order valence-corrected chi connectivity index (χ4v) is 3.31. The molecule has 1 aromatic rings. The van der Waals surface area contributed by atoms with Gasteiger partial charge in [0.05, 0.1) is 0 Å². The van der Waals surface area contributed by atoms with Crippen molar-refractivity contribution in [3.05, 3.63) is 20.8 Å². The minimum atomic E-state index is 0.154. The minimum Gasteiger partial charge on any atom is -0.338 e. The predicted octanol–water partition coefficient (Wildman–Crippen LogP) is 4.41. The van der Waals surface area contributed by atoms with Crippen LogP contribution in [0.15, 0.2) is 15.9 Å². The molecule has 0 aliphatic heterocycles. The van der Waals surface area contributed by atoms with Gasteiger partial charge in [-0.15, -0.1) is 11.3 Å². The summed E-state index contributed by atoms with van der Waals surface area (Å²) in [7, 11) is 0. The predicted molar refractivity (Wildman–Crippen MR) is 77.7 cm³/mol. The molecule has 0 atom stereocenters. The zero-order valence-corrected chi connectivity index (χ0v) is 13.1. The van der Waals surface area contributed by atoms with Crippen LogP contribution in [0.3, 0.4) is 0 Å². The molecule has 0 fully saturated rings. The minimum absolute atomic E-state index is 0.154. The Labute approximate surface area is 116 Å². The van der Waals surface area contributed by atoms with E-state index in [2.05, 4.69) is 29.8 Å². The fourth-order valence-electron chi connectivity index (χ4n) is 1.80. The smallest absolute Gasteiger partial charge is 0.265 e. The van der Waals surface area contributed by atoms with Gasteiger partial charge in [-0.2, -0.15) is 0 Å². The number of carbonyl (C=O) groups excluding carboxylic acids is 1. The maximum atomic E-state index is 12.3. The molecule has 1 heterocycles. The second kappa shape index (κ2) is 7.17. The normalized spacial score (nSPS) is 10.9. The number of halogens is 1. The highest BCUT2D eigenvalue weighted by atomic mass is 79.9. The lowest BCUT2D eigenvalue weighted by Crippen LogP contribution is -2.34. The van der Waals surface area contributed by atoms with Crippen LogP contribution in [0.4, 0.5) is 0 Å². The third-order valence-electron chi connectivity index (χ3n) is 3.11. The van der Waals surface area contributed by atoms with Crippen molar-refractivity contribution in [1.82, 2.24) is 4.90 Å². The number of hydrogen-bond donors (Lipinski definition) is 0. The van der Waals surface area contributed by atoms with Crippen molar-refractivity contribution in [2.24, 2.45) is 5.92 Å². The summed E-state index contributed by atoms with van der Waals surface area (Å²) in [6, 6.07) is 1.93. The third kappa shape index (κ3) is 3.81. The monoisotopic (exact) mass is 317 g/mol. The zero-order chi connectivity index (χ0) is 12.8. The van der Waals surface area contributed by atoms with E-state index in [1.54, 1.807) is 0 Å². The highest BCUT2D eigenvalue weighted by Crippen LogP contribution is 2.24. The number of thiophene rings is 1. The SMILES string of the molecule is CCC(CC)CN(CC)C(=O)c1sccc1Br. The molecule has 0 saturated heterocycles. The van der Waals surface area contributed by atoms with E-state index in [1.165, 1.54) is 11.3 Å². The number of hydrogen-bond acceptors (Lipinski definition) is 2. The van der Waals surface area contributed by atoms with Crippen molar-refractivity contribution >= 4 is 33.2 Å². The molecule has 0 unspecified atom stereocenters. The summed E-state index contributed by atoms with van der Waals surface area (Å²) in [5.41, 5.74) is 0. The first-order valence-corrected chi connectivity index (χ1v) is 7.83. The Hall–Kier alpha value is -0.350. The number of carbonyl (C=O) groups is 1. The van der Waals surface area contributed by atoms with Gasteiger partial charge in [-0.05, 0) is 40.2 Å². The van der Waals surface area contributed by atoms with E-state index in [1.807, 2.05) is 23.3 Å². The van der Waals surface area contributed by atoms with Gasteiger partial charge in [0.2, 0.25) is 0 Å². The lowest BCUT2D eigenvalue weighted by Gasteiger charge is -2.25. The second-order valence-corrected chi connectivity index (χ2v) is 5.89. The third-order valence-corrected chi connectivity index (χ3v) is 4.94. The summed E-state index contributed by atoms with van der Waals surface area (Å²) in [5.74, 6) is 0.763. The summed E-state index contributed by atoms with van der Waals surface area (Å²) >= 11 is 4.93. The molecule has 96 valence electrons. The average Bonchev–Trinajstić information content (AvgIpc) is 2.76. The molecule has 0 aliphatic rings. The molecule has 0 bridgehead atoms. The van der Waals surface area contributed by atoms with Gasteiger partial charge < -0.3 is 4.90 Å². The van der Waals surface area contributed by atoms with E-state index in [4.69, 9.17) is 0 Å². The first-order chi connectivity index (χ1) is 8.13. The van der Waals surface area contributed by atoms with E-state index < -0.39 is 0 Å². The number of nitrogens with zero attached hydrogens (tertiary/aromatic N) is 1. The van der Waals surface area contributed by atoms with Crippen molar-refractivity contribution in [3.8, 4) is 0 Å². The van der Waals surface area contributed by atoms with Crippen LogP contribution in [0.5, 0.6) is 0 Å². The lowest BCUT2D eigenvalue weighted by atomic mass is 10.0. The highest BCUT2D eigenvalue weighted by molar-refractivity contribution is 9.10. The van der Waals surface area contributed by atoms with Gasteiger partial charge in [-0.1, -0.05) is 26.7 Å². The Morgan fingerprint density at radius 2 is 2.06 bits per heavy atom. The summed E-state index contributed by atoms with van der Waals surface area (Å²) in [5, 5.41) is 1.95. The van der Waals surface area contributed by atoms with Gasteiger partial charge in [0.25, 0.3) is 5.91 Å². The highest BCUT2D eigenvalue weighted by Gasteiger charge is 2.20. The van der Waals surface area contributed by atoms with Crippen molar-refractivity contribution in [2.75, 3.05) is 13.1 Å². The Morgan fingerprint density at radius 1 is 1.41 bits per heavy atom. The van der Waals surface area contributed by atoms with Gasteiger partial charge >= 0.3 is 0 Å². The molecule has 0 N–H and O–H groups in total. The van der Waals surface area contributed by atoms with Crippen LogP contribution in [0, 0.1) is 5.92 Å². The van der Waals surface area contributed by atoms with E-state index in [0.717, 1.165) is 35.3 Å². The Kier molecular flexibility index (Phi) is 6.20. The first-order valence-electron chi connectivity index (χ1n) is 6.16. The van der Waals surface area contributed by atoms with E-state index in [9.17, 15) is 4.79 Å². The largest absolute Gasteiger partial charge is 0.338 e. The molecule has 0 aliphatic carbocycles. The standard InChI is InChI=1S/C13H20BrNOS/c1-4-10(5-2)9-15(6-3)13(16)12-11(14)7-8-17-12/h7-8,10H,4-6,9H2,1-3H3. The Bertz CT molecular complexity index is 360. The van der Waals surface area contributed by atoms with Gasteiger partial charge in [0.1, 0.15) is 4.88 Å². The van der Waals surface area contributed by atoms with Crippen LogP contribution in [0.25, 0.3) is 0 Å². The summed E-state index contributed by atoms with van der Waals surface area (Å²) < 4.78 is 0.912. The molecule has 17 heavy (non-hydrogen) atoms. The van der Waals surface area contributed by atoms with Crippen LogP contribution in [-0.4, -0.2) is 23.9 Å². The Balaban J connectivity index is 2.74. The summed E-state index contributed by atoms with van der Waals surface area (Å²) in [4.78, 5) is 15.1. The first kappa shape index (κ1) is 14.7. The van der Waals surface area contributed by atoms with Gasteiger partial charge in [0.15, 0.2) is 0 Å². The maximum Gasteiger partial charge on any atom is 0.265 e. The van der Waals surface area contributed by atoms with Gasteiger partial charge in [-0.3, -0.25) is 4.79 Å². The molecule has 0 radical (unpaired) electrons. The van der Waals surface area contributed by atoms with Gasteiger partial charge in [0, 0.05) is 17.6 Å². The van der Waals surface area contributed by atoms with Crippen LogP contribution in [0.1, 0.15) is 43.3 Å². The molecule has 0 aromatic carbocycles. The van der Waals surface area contributed by atoms with Crippen LogP contribution < -0.4 is 0 Å². The van der Waals surface area contributed by atoms with Crippen molar-refractivity contribution in [1.29, 1.82) is 0 Å². The molecule has 2 nitrogen and oxygen atoms in total. The van der Waals surface area contributed by atoms with Crippen molar-refractivity contribution < 1.29 is 4.79 Å². The molecular formula is C13H20BrNOS. The molecule has 1 amide bonds. The lowest BCUT2D eigenvalue weighted by molar-refractivity contribution is 0.0739. The summed E-state index contributed by atoms with van der Waals surface area (Å²) in [6.45, 7) is 8.06. The van der Waals surface area contributed by atoms with Crippen LogP contribution in [-0.2, 0) is 0 Å². The maximum absolute atomic E-state index is 12.3. The molecule has 4 heteroatoms. The molecule has 0 spiro atoms. The second-order valence-electron chi connectivity index (χ2n) is 4.12. The Morgan fingerprint density at radius 3 is 2.47 bits per heavy atom. The summed E-state index contributed by atoms with van der Waals surface area (Å²) in [6.07, 6.45) is 2.26. The van der Waals surface area contributed by atoms with E-state index >= 15 is 0 Å². The van der Waals surface area contributed by atoms with E-state index in [-0.39, 0.29) is 5.91 Å². The van der Waals surface area contributed by atoms with Crippen LogP contribution >= 0.6 is 27.3 Å². The quantitative estimate of drug-likeness (QED) is 0.761. The zero-order valence-electron chi connectivity index (χ0n) is 10.7. The van der Waals surface area contributed by atoms with E-state index in [0.29, 0.717) is 5.92 Å². The fraction of sp³-hybridized carbons (Fsp3) is 0.615. The number of rotatable bonds is 6. The average molecular weight is 318 g/mol. The van der Waals surface area contributed by atoms with Crippen molar-refractivity contribution in [2.45, 2.75) is 33.6 Å². The molecule has 1 aromatic heterocycles. The molecular weight excluding hydrogens is 298 g/mol.